The van der Waals surface area contributed by atoms with Crippen LogP contribution < -0.4 is 10.5 Å². The maximum Gasteiger partial charge on any atom is 0.206 e. The van der Waals surface area contributed by atoms with Crippen molar-refractivity contribution in [1.29, 1.82) is 0 Å². The number of ether oxygens (including phenoxy) is 1. The second-order valence-electron chi connectivity index (χ2n) is 4.42. The molecule has 4 nitrogen and oxygen atoms in total. The van der Waals surface area contributed by atoms with Gasteiger partial charge in [0.2, 0.25) is 5.95 Å². The lowest BCUT2D eigenvalue weighted by molar-refractivity contribution is 0.413. The summed E-state index contributed by atoms with van der Waals surface area (Å²) in [7, 11) is 1.65. The van der Waals surface area contributed by atoms with Gasteiger partial charge in [-0.3, -0.25) is 4.57 Å². The lowest BCUT2D eigenvalue weighted by atomic mass is 10.2. The number of nitrogens with two attached hydrogens (primary N) is 1. The molecular weight excluding hydrogens is 238 g/mol. The van der Waals surface area contributed by atoms with Crippen molar-refractivity contribution < 1.29 is 4.74 Å². The average molecular weight is 253 g/mol. The SMILES string of the molecule is COc1ccccc1-n1c(N)nc2c(C)cccc21. The number of para-hydroxylation sites is 3. The first-order valence-corrected chi connectivity index (χ1v) is 6.09. The van der Waals surface area contributed by atoms with E-state index in [0.29, 0.717) is 5.95 Å². The standard InChI is InChI=1S/C15H15N3O/c1-10-6-5-8-12-14(10)17-15(16)18(12)11-7-3-4-9-13(11)19-2/h3-9H,1-2H3,(H2,16,17). The van der Waals surface area contributed by atoms with Gasteiger partial charge in [0.25, 0.3) is 0 Å². The molecule has 4 heteroatoms. The Labute approximate surface area is 111 Å². The number of anilines is 1. The number of aryl methyl sites for hydroxylation is 1. The Morgan fingerprint density at radius 3 is 2.68 bits per heavy atom. The minimum absolute atomic E-state index is 0.466. The van der Waals surface area contributed by atoms with Gasteiger partial charge in [-0.2, -0.15) is 0 Å². The molecule has 0 saturated carbocycles. The van der Waals surface area contributed by atoms with Crippen molar-refractivity contribution in [2.45, 2.75) is 6.92 Å². The topological polar surface area (TPSA) is 53.1 Å². The van der Waals surface area contributed by atoms with Crippen molar-refractivity contribution >= 4 is 17.0 Å². The molecule has 96 valence electrons. The van der Waals surface area contributed by atoms with Gasteiger partial charge in [-0.05, 0) is 30.7 Å². The molecule has 0 aliphatic heterocycles. The number of nitrogens with zero attached hydrogens (tertiary/aromatic N) is 2. The maximum absolute atomic E-state index is 6.07. The predicted molar refractivity (Wildman–Crippen MR) is 76.8 cm³/mol. The summed E-state index contributed by atoms with van der Waals surface area (Å²) in [6.45, 7) is 2.03. The minimum Gasteiger partial charge on any atom is -0.495 e. The van der Waals surface area contributed by atoms with Gasteiger partial charge in [-0.15, -0.1) is 0 Å². The molecule has 0 spiro atoms. The van der Waals surface area contributed by atoms with Crippen molar-refractivity contribution in [2.24, 2.45) is 0 Å². The Hall–Kier alpha value is -2.49. The lowest BCUT2D eigenvalue weighted by Gasteiger charge is -2.11. The monoisotopic (exact) mass is 253 g/mol. The number of rotatable bonds is 2. The number of methoxy groups -OCH3 is 1. The van der Waals surface area contributed by atoms with Crippen molar-refractivity contribution in [3.05, 3.63) is 48.0 Å². The molecule has 19 heavy (non-hydrogen) atoms. The van der Waals surface area contributed by atoms with Crippen molar-refractivity contribution in [2.75, 3.05) is 12.8 Å². The number of hydrogen-bond donors (Lipinski definition) is 1. The maximum atomic E-state index is 6.07. The molecule has 3 aromatic rings. The Balaban J connectivity index is 2.37. The van der Waals surface area contributed by atoms with Crippen molar-refractivity contribution in [3.63, 3.8) is 0 Å². The van der Waals surface area contributed by atoms with Gasteiger partial charge in [0.1, 0.15) is 5.75 Å². The summed E-state index contributed by atoms with van der Waals surface area (Å²) in [5.74, 6) is 1.24. The number of benzene rings is 2. The first-order chi connectivity index (χ1) is 9.22. The van der Waals surface area contributed by atoms with Gasteiger partial charge in [0.05, 0.1) is 23.8 Å². The van der Waals surface area contributed by atoms with Crippen LogP contribution in [0.15, 0.2) is 42.5 Å². The third-order valence-corrected chi connectivity index (χ3v) is 3.24. The number of hydrogen-bond acceptors (Lipinski definition) is 3. The van der Waals surface area contributed by atoms with Crippen LogP contribution in [0.3, 0.4) is 0 Å². The quantitative estimate of drug-likeness (QED) is 0.764. The van der Waals surface area contributed by atoms with E-state index in [2.05, 4.69) is 4.98 Å². The fraction of sp³-hybridized carbons (Fsp3) is 0.133. The van der Waals surface area contributed by atoms with Crippen LogP contribution in [0.4, 0.5) is 5.95 Å². The number of imidazole rings is 1. The van der Waals surface area contributed by atoms with Gasteiger partial charge in [-0.1, -0.05) is 24.3 Å². The number of aromatic nitrogens is 2. The van der Waals surface area contributed by atoms with E-state index in [4.69, 9.17) is 10.5 Å². The summed E-state index contributed by atoms with van der Waals surface area (Å²) < 4.78 is 7.32. The fourth-order valence-electron chi connectivity index (χ4n) is 2.33. The van der Waals surface area contributed by atoms with Crippen LogP contribution in [-0.2, 0) is 0 Å². The second kappa shape index (κ2) is 4.31. The van der Waals surface area contributed by atoms with Crippen molar-refractivity contribution in [3.8, 4) is 11.4 Å². The normalized spacial score (nSPS) is 10.8. The highest BCUT2D eigenvalue weighted by Crippen LogP contribution is 2.30. The van der Waals surface area contributed by atoms with E-state index in [1.165, 1.54) is 0 Å². The Bertz CT molecular complexity index is 746. The molecule has 1 aromatic heterocycles. The van der Waals surface area contributed by atoms with E-state index in [9.17, 15) is 0 Å². The van der Waals surface area contributed by atoms with E-state index in [1.54, 1.807) is 7.11 Å². The summed E-state index contributed by atoms with van der Waals surface area (Å²) in [4.78, 5) is 4.45. The summed E-state index contributed by atoms with van der Waals surface area (Å²) >= 11 is 0. The van der Waals surface area contributed by atoms with Crippen LogP contribution in [0.25, 0.3) is 16.7 Å². The number of nitrogen functional groups attached to an aromatic ring is 1. The highest BCUT2D eigenvalue weighted by molar-refractivity contribution is 5.84. The van der Waals surface area contributed by atoms with Crippen LogP contribution >= 0.6 is 0 Å². The van der Waals surface area contributed by atoms with E-state index in [-0.39, 0.29) is 0 Å². The average Bonchev–Trinajstić information content (AvgIpc) is 2.76. The lowest BCUT2D eigenvalue weighted by Crippen LogP contribution is -2.02. The predicted octanol–water partition coefficient (Wildman–Crippen LogP) is 2.92. The highest BCUT2D eigenvalue weighted by Gasteiger charge is 2.14. The smallest absolute Gasteiger partial charge is 0.206 e. The second-order valence-corrected chi connectivity index (χ2v) is 4.42. The summed E-state index contributed by atoms with van der Waals surface area (Å²) in [5.41, 5.74) is 9.99. The summed E-state index contributed by atoms with van der Waals surface area (Å²) in [6, 6.07) is 13.8. The molecule has 3 rings (SSSR count). The van der Waals surface area contributed by atoms with E-state index in [0.717, 1.165) is 28.0 Å². The molecule has 0 unspecified atom stereocenters. The molecule has 0 amide bonds. The Kier molecular flexibility index (Phi) is 2.63. The molecule has 2 N–H and O–H groups in total. The molecule has 0 aliphatic carbocycles. The van der Waals surface area contributed by atoms with E-state index in [1.807, 2.05) is 54.0 Å². The minimum atomic E-state index is 0.466. The first kappa shape index (κ1) is 11.6. The van der Waals surface area contributed by atoms with Crippen LogP contribution in [-0.4, -0.2) is 16.7 Å². The Morgan fingerprint density at radius 1 is 1.11 bits per heavy atom. The van der Waals surface area contributed by atoms with Gasteiger partial charge in [0.15, 0.2) is 0 Å². The first-order valence-electron chi connectivity index (χ1n) is 6.09. The van der Waals surface area contributed by atoms with Gasteiger partial charge in [-0.25, -0.2) is 4.98 Å². The molecule has 0 bridgehead atoms. The van der Waals surface area contributed by atoms with E-state index >= 15 is 0 Å². The van der Waals surface area contributed by atoms with Gasteiger partial charge >= 0.3 is 0 Å². The van der Waals surface area contributed by atoms with Crippen LogP contribution in [0, 0.1) is 6.92 Å². The molecular formula is C15H15N3O. The molecule has 0 radical (unpaired) electrons. The highest BCUT2D eigenvalue weighted by atomic mass is 16.5. The van der Waals surface area contributed by atoms with Crippen LogP contribution in [0.2, 0.25) is 0 Å². The molecule has 1 heterocycles. The molecule has 0 saturated heterocycles. The summed E-state index contributed by atoms with van der Waals surface area (Å²) in [6.07, 6.45) is 0. The summed E-state index contributed by atoms with van der Waals surface area (Å²) in [5, 5.41) is 0. The fourth-order valence-corrected chi connectivity index (χ4v) is 2.33. The third kappa shape index (κ3) is 1.73. The molecule has 2 aromatic carbocycles. The zero-order valence-electron chi connectivity index (χ0n) is 10.9. The molecule has 0 atom stereocenters. The van der Waals surface area contributed by atoms with Gasteiger partial charge in [0, 0.05) is 0 Å². The zero-order valence-corrected chi connectivity index (χ0v) is 10.9. The van der Waals surface area contributed by atoms with Gasteiger partial charge < -0.3 is 10.5 Å². The number of fused-ring (bicyclic) bond motifs is 1. The molecule has 0 fully saturated rings. The zero-order chi connectivity index (χ0) is 13.4. The van der Waals surface area contributed by atoms with E-state index < -0.39 is 0 Å². The van der Waals surface area contributed by atoms with Crippen LogP contribution in [0.5, 0.6) is 5.75 Å². The van der Waals surface area contributed by atoms with Crippen LogP contribution in [0.1, 0.15) is 5.56 Å². The Morgan fingerprint density at radius 2 is 1.89 bits per heavy atom. The molecule has 0 aliphatic rings. The third-order valence-electron chi connectivity index (χ3n) is 3.24. The largest absolute Gasteiger partial charge is 0.495 e. The van der Waals surface area contributed by atoms with Crippen molar-refractivity contribution in [1.82, 2.24) is 9.55 Å².